The molecule has 1 atom stereocenters. The number of hydrogen-bond acceptors (Lipinski definition) is 4. The highest BCUT2D eigenvalue weighted by molar-refractivity contribution is 5.81. The number of likely N-dealkylation sites (tertiary alicyclic amines) is 1. The van der Waals surface area contributed by atoms with E-state index in [9.17, 15) is 9.59 Å². The molecule has 1 heterocycles. The van der Waals surface area contributed by atoms with E-state index in [0.717, 1.165) is 18.4 Å². The molecule has 1 fully saturated rings. The first-order valence-corrected chi connectivity index (χ1v) is 9.40. The molecule has 1 aromatic rings. The number of amides is 2. The summed E-state index contributed by atoms with van der Waals surface area (Å²) >= 11 is 0. The van der Waals surface area contributed by atoms with Gasteiger partial charge in [0.25, 0.3) is 0 Å². The number of ether oxygens (including phenoxy) is 1. The van der Waals surface area contributed by atoms with Crippen LogP contribution in [-0.4, -0.2) is 53.5 Å². The Balaban J connectivity index is 1.84. The van der Waals surface area contributed by atoms with Crippen LogP contribution in [0, 0.1) is 5.92 Å². The van der Waals surface area contributed by atoms with Crippen molar-refractivity contribution in [1.82, 2.24) is 9.80 Å². The van der Waals surface area contributed by atoms with Crippen LogP contribution < -0.4 is 5.73 Å². The predicted octanol–water partition coefficient (Wildman–Crippen LogP) is 2.62. The van der Waals surface area contributed by atoms with Gasteiger partial charge in [0.05, 0.1) is 6.04 Å². The van der Waals surface area contributed by atoms with E-state index in [1.54, 1.807) is 11.8 Å². The lowest BCUT2D eigenvalue weighted by molar-refractivity contribution is -0.133. The van der Waals surface area contributed by atoms with Crippen LogP contribution in [0.25, 0.3) is 0 Å². The van der Waals surface area contributed by atoms with E-state index in [4.69, 9.17) is 10.5 Å². The lowest BCUT2D eigenvalue weighted by atomic mass is 9.95. The van der Waals surface area contributed by atoms with Gasteiger partial charge in [0, 0.05) is 25.7 Å². The maximum Gasteiger partial charge on any atom is 0.410 e. The molecule has 2 amide bonds. The molecular weight excluding hydrogens is 330 g/mol. The van der Waals surface area contributed by atoms with E-state index in [0.29, 0.717) is 25.6 Å². The zero-order valence-electron chi connectivity index (χ0n) is 16.1. The third-order valence-corrected chi connectivity index (χ3v) is 4.83. The summed E-state index contributed by atoms with van der Waals surface area (Å²) in [5.74, 6) is 0.380. The second-order valence-electron chi connectivity index (χ2n) is 7.34. The number of nitrogens with zero attached hydrogens (tertiary/aromatic N) is 2. The molecule has 6 nitrogen and oxygen atoms in total. The van der Waals surface area contributed by atoms with E-state index in [2.05, 4.69) is 0 Å². The summed E-state index contributed by atoms with van der Waals surface area (Å²) in [7, 11) is 0. The SMILES string of the molecule is CC(C)N(CC1CCN(C(=O)[C@H](C)N)CC1)C(=O)OCc1ccccc1. The van der Waals surface area contributed by atoms with E-state index in [-0.39, 0.29) is 24.6 Å². The van der Waals surface area contributed by atoms with Crippen LogP contribution in [-0.2, 0) is 16.1 Å². The molecule has 0 aliphatic carbocycles. The summed E-state index contributed by atoms with van der Waals surface area (Å²) in [6, 6.07) is 9.31. The summed E-state index contributed by atoms with van der Waals surface area (Å²) in [6.07, 6.45) is 1.49. The smallest absolute Gasteiger partial charge is 0.410 e. The van der Waals surface area contributed by atoms with Crippen molar-refractivity contribution in [1.29, 1.82) is 0 Å². The molecule has 6 heteroatoms. The molecule has 0 saturated carbocycles. The third-order valence-electron chi connectivity index (χ3n) is 4.83. The fourth-order valence-corrected chi connectivity index (χ4v) is 3.20. The first-order chi connectivity index (χ1) is 12.4. The molecule has 1 aliphatic heterocycles. The second-order valence-corrected chi connectivity index (χ2v) is 7.34. The van der Waals surface area contributed by atoms with Crippen molar-refractivity contribution < 1.29 is 14.3 Å². The normalized spacial score (nSPS) is 16.4. The second kappa shape index (κ2) is 9.57. The van der Waals surface area contributed by atoms with Crippen LogP contribution >= 0.6 is 0 Å². The van der Waals surface area contributed by atoms with E-state index in [1.165, 1.54) is 0 Å². The standard InChI is InChI=1S/C20H31N3O3/c1-15(2)23(20(25)26-14-18-7-5-4-6-8-18)13-17-9-11-22(12-10-17)19(24)16(3)21/h4-8,15-17H,9-14,21H2,1-3H3/t16-/m0/s1. The zero-order chi connectivity index (χ0) is 19.1. The van der Waals surface area contributed by atoms with Crippen LogP contribution in [0.15, 0.2) is 30.3 Å². The average Bonchev–Trinajstić information content (AvgIpc) is 2.64. The highest BCUT2D eigenvalue weighted by Gasteiger charge is 2.28. The zero-order valence-corrected chi connectivity index (χ0v) is 16.1. The number of rotatable bonds is 6. The van der Waals surface area contributed by atoms with Crippen LogP contribution in [0.2, 0.25) is 0 Å². The minimum absolute atomic E-state index is 0.00596. The molecule has 0 aromatic heterocycles. The largest absolute Gasteiger partial charge is 0.445 e. The summed E-state index contributed by atoms with van der Waals surface area (Å²) in [6.45, 7) is 8.07. The summed E-state index contributed by atoms with van der Waals surface area (Å²) in [4.78, 5) is 28.1. The molecule has 0 spiro atoms. The van der Waals surface area contributed by atoms with E-state index >= 15 is 0 Å². The number of carbonyl (C=O) groups is 2. The fourth-order valence-electron chi connectivity index (χ4n) is 3.20. The topological polar surface area (TPSA) is 75.9 Å². The number of benzene rings is 1. The van der Waals surface area contributed by atoms with Gasteiger partial charge < -0.3 is 20.3 Å². The van der Waals surface area contributed by atoms with Gasteiger partial charge in [-0.25, -0.2) is 4.79 Å². The molecule has 1 saturated heterocycles. The summed E-state index contributed by atoms with van der Waals surface area (Å²) in [5.41, 5.74) is 6.66. The van der Waals surface area contributed by atoms with Gasteiger partial charge in [0.15, 0.2) is 0 Å². The number of hydrogen-bond donors (Lipinski definition) is 1. The van der Waals surface area contributed by atoms with Crippen molar-refractivity contribution in [2.24, 2.45) is 11.7 Å². The summed E-state index contributed by atoms with van der Waals surface area (Å²) < 4.78 is 5.49. The maximum atomic E-state index is 12.5. The first kappa shape index (κ1) is 20.2. The molecule has 0 unspecified atom stereocenters. The summed E-state index contributed by atoms with van der Waals surface area (Å²) in [5, 5.41) is 0. The molecule has 26 heavy (non-hydrogen) atoms. The quantitative estimate of drug-likeness (QED) is 0.845. The molecule has 0 bridgehead atoms. The van der Waals surface area contributed by atoms with Crippen molar-refractivity contribution in [2.45, 2.75) is 52.3 Å². The van der Waals surface area contributed by atoms with Gasteiger partial charge in [-0.05, 0) is 45.1 Å². The number of carbonyl (C=O) groups excluding carboxylic acids is 2. The molecule has 2 rings (SSSR count). The molecule has 144 valence electrons. The van der Waals surface area contributed by atoms with Gasteiger partial charge in [0.1, 0.15) is 6.61 Å². The van der Waals surface area contributed by atoms with Gasteiger partial charge in [0.2, 0.25) is 5.91 Å². The van der Waals surface area contributed by atoms with Gasteiger partial charge >= 0.3 is 6.09 Å². The lowest BCUT2D eigenvalue weighted by Crippen LogP contribution is -2.48. The minimum Gasteiger partial charge on any atom is -0.445 e. The molecule has 1 aromatic carbocycles. The van der Waals surface area contributed by atoms with Gasteiger partial charge in [-0.15, -0.1) is 0 Å². The fraction of sp³-hybridized carbons (Fsp3) is 0.600. The van der Waals surface area contributed by atoms with Crippen molar-refractivity contribution in [2.75, 3.05) is 19.6 Å². The van der Waals surface area contributed by atoms with E-state index in [1.807, 2.05) is 49.1 Å². The Hall–Kier alpha value is -2.08. The van der Waals surface area contributed by atoms with Crippen molar-refractivity contribution in [3.63, 3.8) is 0 Å². The van der Waals surface area contributed by atoms with Crippen molar-refractivity contribution in [3.8, 4) is 0 Å². The van der Waals surface area contributed by atoms with Gasteiger partial charge in [-0.3, -0.25) is 4.79 Å². The van der Waals surface area contributed by atoms with Crippen LogP contribution in [0.5, 0.6) is 0 Å². The van der Waals surface area contributed by atoms with Crippen molar-refractivity contribution >= 4 is 12.0 Å². The van der Waals surface area contributed by atoms with Crippen LogP contribution in [0.4, 0.5) is 4.79 Å². The highest BCUT2D eigenvalue weighted by atomic mass is 16.6. The molecule has 1 aliphatic rings. The Morgan fingerprint density at radius 1 is 1.19 bits per heavy atom. The van der Waals surface area contributed by atoms with Crippen LogP contribution in [0.1, 0.15) is 39.2 Å². The Morgan fingerprint density at radius 3 is 2.35 bits per heavy atom. The Bertz CT molecular complexity index is 581. The van der Waals surface area contributed by atoms with Gasteiger partial charge in [-0.2, -0.15) is 0 Å². The monoisotopic (exact) mass is 361 g/mol. The number of nitrogens with two attached hydrogens (primary N) is 1. The lowest BCUT2D eigenvalue weighted by Gasteiger charge is -2.36. The molecule has 2 N–H and O–H groups in total. The van der Waals surface area contributed by atoms with Crippen molar-refractivity contribution in [3.05, 3.63) is 35.9 Å². The predicted molar refractivity (Wildman–Crippen MR) is 101 cm³/mol. The Labute approximate surface area is 156 Å². The first-order valence-electron chi connectivity index (χ1n) is 9.40. The van der Waals surface area contributed by atoms with Gasteiger partial charge in [-0.1, -0.05) is 30.3 Å². The Morgan fingerprint density at radius 2 is 1.81 bits per heavy atom. The molecular formula is C20H31N3O3. The average molecular weight is 361 g/mol. The molecule has 0 radical (unpaired) electrons. The van der Waals surface area contributed by atoms with Crippen LogP contribution in [0.3, 0.4) is 0 Å². The maximum absolute atomic E-state index is 12.5. The Kier molecular flexibility index (Phi) is 7.45. The highest BCUT2D eigenvalue weighted by Crippen LogP contribution is 2.20. The van der Waals surface area contributed by atoms with E-state index < -0.39 is 6.04 Å². The third kappa shape index (κ3) is 5.73. The minimum atomic E-state index is -0.452. The number of piperidine rings is 1.